The van der Waals surface area contributed by atoms with Gasteiger partial charge in [0.2, 0.25) is 0 Å². The van der Waals surface area contributed by atoms with Crippen LogP contribution >= 0.6 is 0 Å². The summed E-state index contributed by atoms with van der Waals surface area (Å²) in [5, 5.41) is 0. The first-order chi connectivity index (χ1) is 10.3. The maximum absolute atomic E-state index is 14.6. The van der Waals surface area contributed by atoms with Crippen LogP contribution in [0.1, 0.15) is 5.56 Å². The van der Waals surface area contributed by atoms with Crippen molar-refractivity contribution >= 4 is 0 Å². The molecular formula is C19H15FO. The normalized spacial score (nSPS) is 10.4. The van der Waals surface area contributed by atoms with Crippen molar-refractivity contribution < 1.29 is 9.13 Å². The molecule has 104 valence electrons. The molecule has 3 rings (SSSR count). The molecule has 3 aromatic carbocycles. The van der Waals surface area contributed by atoms with Gasteiger partial charge in [0, 0.05) is 0 Å². The summed E-state index contributed by atoms with van der Waals surface area (Å²) in [6.45, 7) is 1.76. The van der Waals surface area contributed by atoms with E-state index in [0.29, 0.717) is 22.6 Å². The molecule has 0 aliphatic heterocycles. The molecule has 3 aromatic rings. The van der Waals surface area contributed by atoms with Gasteiger partial charge >= 0.3 is 0 Å². The summed E-state index contributed by atoms with van der Waals surface area (Å²) in [6.07, 6.45) is 0. The molecule has 0 aliphatic rings. The third-order valence-corrected chi connectivity index (χ3v) is 3.33. The van der Waals surface area contributed by atoms with Gasteiger partial charge in [-0.15, -0.1) is 0 Å². The Morgan fingerprint density at radius 1 is 0.762 bits per heavy atom. The standard InChI is InChI=1S/C19H15FO/c1-14-12-13-17(21-16-10-6-3-7-11-16)18(19(14)20)15-8-4-2-5-9-15/h2-13H,1H3. The SMILES string of the molecule is Cc1ccc(Oc2ccccc2)c(-c2ccccc2)c1F. The Morgan fingerprint density at radius 3 is 2.05 bits per heavy atom. The monoisotopic (exact) mass is 278 g/mol. The predicted molar refractivity (Wildman–Crippen MR) is 83.1 cm³/mol. The third-order valence-electron chi connectivity index (χ3n) is 3.33. The quantitative estimate of drug-likeness (QED) is 0.606. The first-order valence-electron chi connectivity index (χ1n) is 6.83. The zero-order chi connectivity index (χ0) is 14.7. The highest BCUT2D eigenvalue weighted by Gasteiger charge is 2.15. The lowest BCUT2D eigenvalue weighted by Gasteiger charge is -2.13. The van der Waals surface area contributed by atoms with Crippen LogP contribution in [0.15, 0.2) is 72.8 Å². The summed E-state index contributed by atoms with van der Waals surface area (Å²) in [5.41, 5.74) is 1.92. The number of rotatable bonds is 3. The smallest absolute Gasteiger partial charge is 0.138 e. The minimum absolute atomic E-state index is 0.241. The molecule has 1 nitrogen and oxygen atoms in total. The van der Waals surface area contributed by atoms with Crippen molar-refractivity contribution in [2.24, 2.45) is 0 Å². The van der Waals surface area contributed by atoms with E-state index in [1.54, 1.807) is 13.0 Å². The Labute approximate surface area is 123 Å². The lowest BCUT2D eigenvalue weighted by Crippen LogP contribution is -1.94. The van der Waals surface area contributed by atoms with E-state index in [1.165, 1.54) is 0 Å². The Kier molecular flexibility index (Phi) is 3.69. The molecule has 0 amide bonds. The Hall–Kier alpha value is -2.61. The van der Waals surface area contributed by atoms with Gasteiger partial charge in [-0.2, -0.15) is 0 Å². The molecule has 0 atom stereocenters. The summed E-state index contributed by atoms with van der Waals surface area (Å²) >= 11 is 0. The van der Waals surface area contributed by atoms with Gasteiger partial charge in [-0.1, -0.05) is 54.6 Å². The molecular weight excluding hydrogens is 263 g/mol. The van der Waals surface area contributed by atoms with Gasteiger partial charge in [0.1, 0.15) is 17.3 Å². The Morgan fingerprint density at radius 2 is 1.38 bits per heavy atom. The van der Waals surface area contributed by atoms with Crippen LogP contribution < -0.4 is 4.74 Å². The van der Waals surface area contributed by atoms with Crippen molar-refractivity contribution in [3.63, 3.8) is 0 Å². The Balaban J connectivity index is 2.11. The minimum atomic E-state index is -0.241. The lowest BCUT2D eigenvalue weighted by atomic mass is 10.0. The van der Waals surface area contributed by atoms with Crippen LogP contribution in [-0.4, -0.2) is 0 Å². The zero-order valence-electron chi connectivity index (χ0n) is 11.7. The second-order valence-corrected chi connectivity index (χ2v) is 4.85. The number of ether oxygens (including phenoxy) is 1. The summed E-state index contributed by atoms with van der Waals surface area (Å²) in [5.74, 6) is 0.975. The van der Waals surface area contributed by atoms with Gasteiger partial charge in [-0.25, -0.2) is 4.39 Å². The minimum Gasteiger partial charge on any atom is -0.457 e. The molecule has 0 spiro atoms. The van der Waals surface area contributed by atoms with E-state index in [-0.39, 0.29) is 5.82 Å². The second kappa shape index (κ2) is 5.80. The number of para-hydroxylation sites is 1. The molecule has 0 unspecified atom stereocenters. The van der Waals surface area contributed by atoms with Gasteiger partial charge < -0.3 is 4.74 Å². The van der Waals surface area contributed by atoms with Gasteiger partial charge in [-0.05, 0) is 36.2 Å². The summed E-state index contributed by atoms with van der Waals surface area (Å²) in [7, 11) is 0. The maximum Gasteiger partial charge on any atom is 0.138 e. The molecule has 0 saturated heterocycles. The van der Waals surface area contributed by atoms with Crippen molar-refractivity contribution in [1.29, 1.82) is 0 Å². The molecule has 0 fully saturated rings. The molecule has 0 bridgehead atoms. The van der Waals surface area contributed by atoms with E-state index >= 15 is 0 Å². The average molecular weight is 278 g/mol. The van der Waals surface area contributed by atoms with Crippen molar-refractivity contribution in [3.05, 3.63) is 84.2 Å². The number of halogens is 1. The molecule has 0 radical (unpaired) electrons. The van der Waals surface area contributed by atoms with E-state index in [2.05, 4.69) is 0 Å². The van der Waals surface area contributed by atoms with Crippen LogP contribution in [0.4, 0.5) is 4.39 Å². The first-order valence-corrected chi connectivity index (χ1v) is 6.83. The summed E-state index contributed by atoms with van der Waals surface area (Å²) in [6, 6.07) is 22.4. The molecule has 2 heteroatoms. The van der Waals surface area contributed by atoms with Crippen LogP contribution in [-0.2, 0) is 0 Å². The van der Waals surface area contributed by atoms with E-state index < -0.39 is 0 Å². The number of benzene rings is 3. The van der Waals surface area contributed by atoms with E-state index in [1.807, 2.05) is 66.7 Å². The topological polar surface area (TPSA) is 9.23 Å². The fourth-order valence-corrected chi connectivity index (χ4v) is 2.24. The van der Waals surface area contributed by atoms with Gasteiger partial charge in [0.05, 0.1) is 5.56 Å². The van der Waals surface area contributed by atoms with Crippen molar-refractivity contribution in [2.45, 2.75) is 6.92 Å². The third kappa shape index (κ3) is 2.79. The molecule has 0 aliphatic carbocycles. The maximum atomic E-state index is 14.6. The van der Waals surface area contributed by atoms with Crippen LogP contribution in [0.2, 0.25) is 0 Å². The fourth-order valence-electron chi connectivity index (χ4n) is 2.24. The molecule has 0 saturated carbocycles. The highest BCUT2D eigenvalue weighted by molar-refractivity contribution is 5.72. The van der Waals surface area contributed by atoms with E-state index in [0.717, 1.165) is 5.56 Å². The largest absolute Gasteiger partial charge is 0.457 e. The van der Waals surface area contributed by atoms with Crippen LogP contribution in [0, 0.1) is 12.7 Å². The number of aryl methyl sites for hydroxylation is 1. The van der Waals surface area contributed by atoms with Gasteiger partial charge in [-0.3, -0.25) is 0 Å². The fraction of sp³-hybridized carbons (Fsp3) is 0.0526. The van der Waals surface area contributed by atoms with Crippen molar-refractivity contribution in [3.8, 4) is 22.6 Å². The second-order valence-electron chi connectivity index (χ2n) is 4.85. The zero-order valence-corrected chi connectivity index (χ0v) is 11.7. The van der Waals surface area contributed by atoms with Crippen LogP contribution in [0.3, 0.4) is 0 Å². The first kappa shape index (κ1) is 13.4. The summed E-state index contributed by atoms with van der Waals surface area (Å²) < 4.78 is 20.4. The molecule has 21 heavy (non-hydrogen) atoms. The number of hydrogen-bond acceptors (Lipinski definition) is 1. The highest BCUT2D eigenvalue weighted by Crippen LogP contribution is 2.36. The summed E-state index contributed by atoms with van der Waals surface area (Å²) in [4.78, 5) is 0. The van der Waals surface area contributed by atoms with Gasteiger partial charge in [0.15, 0.2) is 0 Å². The predicted octanol–water partition coefficient (Wildman–Crippen LogP) is 5.59. The van der Waals surface area contributed by atoms with Crippen molar-refractivity contribution in [1.82, 2.24) is 0 Å². The lowest BCUT2D eigenvalue weighted by molar-refractivity contribution is 0.479. The Bertz CT molecular complexity index is 736. The molecule has 0 aromatic heterocycles. The van der Waals surface area contributed by atoms with E-state index in [9.17, 15) is 4.39 Å². The van der Waals surface area contributed by atoms with Gasteiger partial charge in [0.25, 0.3) is 0 Å². The molecule has 0 N–H and O–H groups in total. The van der Waals surface area contributed by atoms with Crippen molar-refractivity contribution in [2.75, 3.05) is 0 Å². The van der Waals surface area contributed by atoms with Crippen LogP contribution in [0.5, 0.6) is 11.5 Å². The van der Waals surface area contributed by atoms with E-state index in [4.69, 9.17) is 4.74 Å². The number of hydrogen-bond donors (Lipinski definition) is 0. The van der Waals surface area contributed by atoms with Crippen LogP contribution in [0.25, 0.3) is 11.1 Å². The average Bonchev–Trinajstić information content (AvgIpc) is 2.53. The highest BCUT2D eigenvalue weighted by atomic mass is 19.1. The molecule has 0 heterocycles.